The van der Waals surface area contributed by atoms with Gasteiger partial charge in [-0.3, -0.25) is 4.79 Å². The number of hydrogen-bond donors (Lipinski definition) is 1. The van der Waals surface area contributed by atoms with Crippen LogP contribution in [-0.4, -0.2) is 74.2 Å². The average Bonchev–Trinajstić information content (AvgIpc) is 3.56. The van der Waals surface area contributed by atoms with Crippen molar-refractivity contribution in [1.29, 1.82) is 0 Å². The molecular weight excluding hydrogens is 462 g/mol. The molecule has 0 saturated carbocycles. The van der Waals surface area contributed by atoms with E-state index < -0.39 is 0 Å². The molecule has 2 aromatic carbocycles. The third-order valence-electron chi connectivity index (χ3n) is 7.39. The van der Waals surface area contributed by atoms with Crippen molar-refractivity contribution in [1.82, 2.24) is 15.1 Å². The Morgan fingerprint density at radius 3 is 2.51 bits per heavy atom. The number of likely N-dealkylation sites (tertiary alicyclic amines) is 2. The summed E-state index contributed by atoms with van der Waals surface area (Å²) in [5.74, 6) is 1.87. The Balaban J connectivity index is 1.16. The van der Waals surface area contributed by atoms with Crippen LogP contribution in [0.5, 0.6) is 11.5 Å². The van der Waals surface area contributed by atoms with Gasteiger partial charge in [-0.05, 0) is 87.1 Å². The zero-order valence-corrected chi connectivity index (χ0v) is 21.1. The number of rotatable bonds is 9. The molecule has 2 unspecified atom stereocenters. The molecule has 2 atom stereocenters. The van der Waals surface area contributed by atoms with Crippen molar-refractivity contribution in [3.05, 3.63) is 58.6 Å². The topological polar surface area (TPSA) is 54.0 Å². The maximum absolute atomic E-state index is 13.3. The summed E-state index contributed by atoms with van der Waals surface area (Å²) in [6, 6.07) is 14.3. The Hall–Kier alpha value is -2.28. The van der Waals surface area contributed by atoms with E-state index in [1.807, 2.05) is 18.2 Å². The van der Waals surface area contributed by atoms with Crippen molar-refractivity contribution >= 4 is 17.5 Å². The van der Waals surface area contributed by atoms with Crippen LogP contribution in [0.2, 0.25) is 5.02 Å². The first kappa shape index (κ1) is 24.4. The van der Waals surface area contributed by atoms with Crippen LogP contribution in [0.4, 0.5) is 0 Å². The first-order valence-corrected chi connectivity index (χ1v) is 13.4. The van der Waals surface area contributed by atoms with E-state index in [1.54, 1.807) is 0 Å². The predicted octanol–water partition coefficient (Wildman–Crippen LogP) is 3.80. The number of hydrogen-bond acceptors (Lipinski definition) is 5. The molecule has 0 bridgehead atoms. The maximum Gasteiger partial charge on any atom is 0.224 e. The summed E-state index contributed by atoms with van der Waals surface area (Å²) in [5.41, 5.74) is 2.46. The van der Waals surface area contributed by atoms with Crippen LogP contribution in [0.1, 0.15) is 30.4 Å². The Bertz CT molecular complexity index is 993. The summed E-state index contributed by atoms with van der Waals surface area (Å²) in [6.45, 7) is 7.10. The van der Waals surface area contributed by atoms with E-state index in [4.69, 9.17) is 21.1 Å². The van der Waals surface area contributed by atoms with Gasteiger partial charge in [0.05, 0.1) is 5.92 Å². The van der Waals surface area contributed by atoms with E-state index in [0.717, 1.165) is 75.1 Å². The number of halogens is 1. The molecule has 1 amide bonds. The highest BCUT2D eigenvalue weighted by atomic mass is 35.5. The summed E-state index contributed by atoms with van der Waals surface area (Å²) < 4.78 is 11.5. The fourth-order valence-electron chi connectivity index (χ4n) is 5.44. The zero-order chi connectivity index (χ0) is 24.0. The highest BCUT2D eigenvalue weighted by Crippen LogP contribution is 2.31. The van der Waals surface area contributed by atoms with Crippen LogP contribution in [0, 0.1) is 5.92 Å². The molecule has 2 aromatic rings. The van der Waals surface area contributed by atoms with E-state index in [9.17, 15) is 4.79 Å². The molecular formula is C28H36ClN3O3. The number of nitrogens with zero attached hydrogens (tertiary/aromatic N) is 2. The lowest BCUT2D eigenvalue weighted by molar-refractivity contribution is -0.125. The summed E-state index contributed by atoms with van der Waals surface area (Å²) in [7, 11) is 0. The lowest BCUT2D eigenvalue weighted by Gasteiger charge is -2.26. The van der Waals surface area contributed by atoms with E-state index in [2.05, 4.69) is 39.4 Å². The fourth-order valence-corrected chi connectivity index (χ4v) is 5.57. The molecule has 5 rings (SSSR count). The third-order valence-corrected chi connectivity index (χ3v) is 7.64. The number of nitrogens with one attached hydrogen (secondary N) is 1. The summed E-state index contributed by atoms with van der Waals surface area (Å²) in [6.07, 6.45) is 5.19. The van der Waals surface area contributed by atoms with E-state index in [1.165, 1.54) is 24.0 Å². The predicted molar refractivity (Wildman–Crippen MR) is 138 cm³/mol. The molecule has 1 N–H and O–H groups in total. The van der Waals surface area contributed by atoms with Crippen LogP contribution in [0.3, 0.4) is 0 Å². The number of ether oxygens (including phenoxy) is 2. The summed E-state index contributed by atoms with van der Waals surface area (Å²) >= 11 is 6.00. The summed E-state index contributed by atoms with van der Waals surface area (Å²) in [4.78, 5) is 18.2. The van der Waals surface area contributed by atoms with Crippen molar-refractivity contribution in [3.8, 4) is 11.5 Å². The van der Waals surface area contributed by atoms with Crippen molar-refractivity contribution < 1.29 is 14.3 Å². The van der Waals surface area contributed by atoms with Gasteiger partial charge in [-0.1, -0.05) is 29.8 Å². The van der Waals surface area contributed by atoms with Gasteiger partial charge in [0.15, 0.2) is 11.5 Å². The molecule has 0 aromatic heterocycles. The average molecular weight is 498 g/mol. The fraction of sp³-hybridized carbons (Fsp3) is 0.536. The molecule has 7 heteroatoms. The minimum absolute atomic E-state index is 0.0570. The normalized spacial score (nSPS) is 21.2. The Labute approximate surface area is 213 Å². The van der Waals surface area contributed by atoms with Crippen LogP contribution < -0.4 is 14.8 Å². The third kappa shape index (κ3) is 6.69. The first-order chi connectivity index (χ1) is 17.1. The monoisotopic (exact) mass is 497 g/mol. The number of carbonyl (C=O) groups excluding carboxylic acids is 1. The van der Waals surface area contributed by atoms with Crippen LogP contribution in [-0.2, 0) is 17.6 Å². The molecule has 2 fully saturated rings. The minimum atomic E-state index is 0.0570. The van der Waals surface area contributed by atoms with Gasteiger partial charge in [0.1, 0.15) is 13.2 Å². The van der Waals surface area contributed by atoms with Gasteiger partial charge in [-0.25, -0.2) is 0 Å². The zero-order valence-electron chi connectivity index (χ0n) is 20.4. The van der Waals surface area contributed by atoms with Crippen molar-refractivity contribution in [2.24, 2.45) is 5.92 Å². The van der Waals surface area contributed by atoms with Crippen molar-refractivity contribution in [2.45, 2.75) is 38.1 Å². The van der Waals surface area contributed by atoms with Gasteiger partial charge in [-0.2, -0.15) is 0 Å². The Morgan fingerprint density at radius 1 is 0.971 bits per heavy atom. The van der Waals surface area contributed by atoms with Crippen LogP contribution in [0.15, 0.2) is 42.5 Å². The highest BCUT2D eigenvalue weighted by Gasteiger charge is 2.30. The number of fused-ring (bicyclic) bond motifs is 1. The number of benzene rings is 2. The van der Waals surface area contributed by atoms with Gasteiger partial charge in [-0.15, -0.1) is 0 Å². The Kier molecular flexibility index (Phi) is 8.12. The summed E-state index contributed by atoms with van der Waals surface area (Å²) in [5, 5.41) is 4.19. The van der Waals surface area contributed by atoms with Gasteiger partial charge in [0.2, 0.25) is 5.91 Å². The largest absolute Gasteiger partial charge is 0.486 e. The smallest absolute Gasteiger partial charge is 0.224 e. The van der Waals surface area contributed by atoms with Gasteiger partial charge in [0, 0.05) is 30.7 Å². The molecule has 3 aliphatic heterocycles. The van der Waals surface area contributed by atoms with E-state index in [-0.39, 0.29) is 17.9 Å². The van der Waals surface area contributed by atoms with Gasteiger partial charge < -0.3 is 24.6 Å². The molecule has 3 heterocycles. The number of amides is 1. The first-order valence-electron chi connectivity index (χ1n) is 13.0. The molecule has 0 spiro atoms. The van der Waals surface area contributed by atoms with E-state index >= 15 is 0 Å². The molecule has 35 heavy (non-hydrogen) atoms. The van der Waals surface area contributed by atoms with Crippen LogP contribution >= 0.6 is 11.6 Å². The standard InChI is InChI=1S/C28H36ClN3O3/c29-24-6-3-21(4-7-24)9-13-32-14-10-23(19-32)28(33)30-25(20-31-11-1-2-12-31)17-22-5-8-26-27(18-22)35-16-15-34-26/h3-8,18,23,25H,1-2,9-17,19-20H2,(H,30,33). The lowest BCUT2D eigenvalue weighted by atomic mass is 10.0. The second-order valence-corrected chi connectivity index (χ2v) is 10.5. The van der Waals surface area contributed by atoms with Gasteiger partial charge >= 0.3 is 0 Å². The van der Waals surface area contributed by atoms with Crippen molar-refractivity contribution in [3.63, 3.8) is 0 Å². The quantitative estimate of drug-likeness (QED) is 0.571. The minimum Gasteiger partial charge on any atom is -0.486 e. The van der Waals surface area contributed by atoms with E-state index in [0.29, 0.717) is 13.2 Å². The van der Waals surface area contributed by atoms with Crippen molar-refractivity contribution in [2.75, 3.05) is 52.5 Å². The molecule has 188 valence electrons. The maximum atomic E-state index is 13.3. The molecule has 3 aliphatic rings. The number of carbonyl (C=O) groups is 1. The molecule has 6 nitrogen and oxygen atoms in total. The second kappa shape index (κ2) is 11.6. The molecule has 0 aliphatic carbocycles. The highest BCUT2D eigenvalue weighted by molar-refractivity contribution is 6.30. The molecule has 2 saturated heterocycles. The molecule has 0 radical (unpaired) electrons. The second-order valence-electron chi connectivity index (χ2n) is 10.1. The Morgan fingerprint density at radius 2 is 1.71 bits per heavy atom. The van der Waals surface area contributed by atoms with Gasteiger partial charge in [0.25, 0.3) is 0 Å². The SMILES string of the molecule is O=C(NC(Cc1ccc2c(c1)OCCO2)CN1CCCC1)C1CCN(CCc2ccc(Cl)cc2)C1. The lowest BCUT2D eigenvalue weighted by Crippen LogP contribution is -2.47. The van der Waals surface area contributed by atoms with Crippen LogP contribution in [0.25, 0.3) is 0 Å².